The molecule has 0 spiro atoms. The van der Waals surface area contributed by atoms with Crippen LogP contribution in [0.25, 0.3) is 0 Å². The van der Waals surface area contributed by atoms with E-state index in [2.05, 4.69) is 65.8 Å². The minimum Gasteiger partial charge on any atom is -0.299 e. The molecule has 1 nitrogen and oxygen atoms in total. The first-order valence-corrected chi connectivity index (χ1v) is 12.5. The monoisotopic (exact) mass is 396 g/mol. The second-order valence-corrected chi connectivity index (χ2v) is 12.1. The van der Waals surface area contributed by atoms with Crippen LogP contribution in [-0.4, -0.2) is 5.78 Å². The van der Waals surface area contributed by atoms with Crippen LogP contribution >= 0.6 is 0 Å². The lowest BCUT2D eigenvalue weighted by atomic mass is 9.45. The van der Waals surface area contributed by atoms with Gasteiger partial charge in [0.05, 0.1) is 0 Å². The third-order valence-corrected chi connectivity index (χ3v) is 10.5. The average Bonchev–Trinajstić information content (AvgIpc) is 3.03. The molecule has 0 N–H and O–H groups in total. The van der Waals surface area contributed by atoms with Gasteiger partial charge in [-0.2, -0.15) is 0 Å². The number of rotatable bonds is 4. The highest BCUT2D eigenvalue weighted by atomic mass is 16.1. The summed E-state index contributed by atoms with van der Waals surface area (Å²) >= 11 is 0. The van der Waals surface area contributed by atoms with Gasteiger partial charge in [-0.25, -0.2) is 0 Å². The number of carbonyl (C=O) groups excluding carboxylic acids is 1. The lowest BCUT2D eigenvalue weighted by Gasteiger charge is -2.59. The van der Waals surface area contributed by atoms with Gasteiger partial charge in [-0.05, 0) is 90.8 Å². The van der Waals surface area contributed by atoms with Gasteiger partial charge in [0.15, 0.2) is 0 Å². The summed E-state index contributed by atoms with van der Waals surface area (Å²) in [6, 6.07) is 0. The second kappa shape index (κ2) is 7.69. The SMILES string of the molecule is CC(C)[C@@H](C)/C=C/[C@@H](C)C1CC[C@H]2C3CC(=O)[C@H]4CC=CC[C@]4(C)[C@H]3CC[C@]12C. The molecule has 4 rings (SSSR count). The van der Waals surface area contributed by atoms with Gasteiger partial charge in [-0.3, -0.25) is 4.79 Å². The number of fused-ring (bicyclic) bond motifs is 5. The van der Waals surface area contributed by atoms with Crippen molar-refractivity contribution < 1.29 is 4.79 Å². The second-order valence-electron chi connectivity index (χ2n) is 12.1. The molecule has 29 heavy (non-hydrogen) atoms. The summed E-state index contributed by atoms with van der Waals surface area (Å²) in [4.78, 5) is 13.2. The molecule has 0 saturated heterocycles. The topological polar surface area (TPSA) is 17.1 Å². The van der Waals surface area contributed by atoms with Crippen LogP contribution in [-0.2, 0) is 4.79 Å². The first-order chi connectivity index (χ1) is 13.7. The molecular formula is C28H44O. The highest BCUT2D eigenvalue weighted by Gasteiger charge is 2.61. The van der Waals surface area contributed by atoms with Gasteiger partial charge in [-0.15, -0.1) is 0 Å². The fourth-order valence-electron chi connectivity index (χ4n) is 8.27. The van der Waals surface area contributed by atoms with Gasteiger partial charge in [0.1, 0.15) is 5.78 Å². The minimum absolute atomic E-state index is 0.229. The van der Waals surface area contributed by atoms with Crippen LogP contribution in [0.5, 0.6) is 0 Å². The van der Waals surface area contributed by atoms with Gasteiger partial charge in [0, 0.05) is 12.3 Å². The van der Waals surface area contributed by atoms with Gasteiger partial charge < -0.3 is 0 Å². The van der Waals surface area contributed by atoms with Crippen LogP contribution in [0, 0.1) is 58.2 Å². The maximum absolute atomic E-state index is 13.2. The smallest absolute Gasteiger partial charge is 0.137 e. The van der Waals surface area contributed by atoms with E-state index in [0.29, 0.717) is 40.8 Å². The number of carbonyl (C=O) groups is 1. The predicted molar refractivity (Wildman–Crippen MR) is 122 cm³/mol. The summed E-state index contributed by atoms with van der Waals surface area (Å²) in [5.74, 6) is 5.87. The molecule has 0 radical (unpaired) electrons. The molecular weight excluding hydrogens is 352 g/mol. The fraction of sp³-hybridized carbons (Fsp3) is 0.821. The van der Waals surface area contributed by atoms with Crippen molar-refractivity contribution in [1.29, 1.82) is 0 Å². The minimum atomic E-state index is 0.229. The molecule has 162 valence electrons. The van der Waals surface area contributed by atoms with Crippen molar-refractivity contribution >= 4 is 5.78 Å². The Bertz CT molecular complexity index is 686. The molecule has 4 aliphatic carbocycles. The molecule has 0 bridgehead atoms. The highest BCUT2D eigenvalue weighted by Crippen LogP contribution is 2.67. The summed E-state index contributed by atoms with van der Waals surface area (Å²) < 4.78 is 0. The maximum Gasteiger partial charge on any atom is 0.137 e. The normalized spacial score (nSPS) is 46.4. The number of allylic oxidation sites excluding steroid dienone is 4. The van der Waals surface area contributed by atoms with E-state index >= 15 is 0 Å². The highest BCUT2D eigenvalue weighted by molar-refractivity contribution is 5.83. The van der Waals surface area contributed by atoms with Gasteiger partial charge in [0.2, 0.25) is 0 Å². The summed E-state index contributed by atoms with van der Waals surface area (Å²) in [6.07, 6.45) is 18.1. The van der Waals surface area contributed by atoms with E-state index in [9.17, 15) is 4.79 Å². The van der Waals surface area contributed by atoms with Crippen molar-refractivity contribution in [3.63, 3.8) is 0 Å². The van der Waals surface area contributed by atoms with Crippen LogP contribution in [0.2, 0.25) is 0 Å². The zero-order chi connectivity index (χ0) is 21.0. The quantitative estimate of drug-likeness (QED) is 0.450. The lowest BCUT2D eigenvalue weighted by molar-refractivity contribution is -0.149. The molecule has 1 heteroatoms. The Kier molecular flexibility index (Phi) is 5.67. The van der Waals surface area contributed by atoms with E-state index in [-0.39, 0.29) is 5.41 Å². The van der Waals surface area contributed by atoms with E-state index in [0.717, 1.165) is 37.0 Å². The molecule has 3 saturated carbocycles. The van der Waals surface area contributed by atoms with Crippen LogP contribution in [0.15, 0.2) is 24.3 Å². The molecule has 9 atom stereocenters. The Morgan fingerprint density at radius 3 is 2.41 bits per heavy atom. The molecule has 3 fully saturated rings. The summed E-state index contributed by atoms with van der Waals surface area (Å²) in [5.41, 5.74) is 0.659. The number of hydrogen-bond acceptors (Lipinski definition) is 1. The van der Waals surface area contributed by atoms with E-state index in [1.165, 1.54) is 25.7 Å². The number of hydrogen-bond donors (Lipinski definition) is 0. The largest absolute Gasteiger partial charge is 0.299 e. The van der Waals surface area contributed by atoms with E-state index in [1.807, 2.05) is 0 Å². The summed E-state index contributed by atoms with van der Waals surface area (Å²) in [6.45, 7) is 14.5. The van der Waals surface area contributed by atoms with Crippen molar-refractivity contribution in [3.05, 3.63) is 24.3 Å². The Morgan fingerprint density at radius 1 is 0.966 bits per heavy atom. The van der Waals surface area contributed by atoms with Crippen molar-refractivity contribution in [3.8, 4) is 0 Å². The standard InChI is InChI=1S/C28H44O/c1-18(2)19(3)10-11-20(4)22-12-13-23-21-17-26(29)25-9-7-8-15-27(25,5)24(21)14-16-28(22,23)6/h7-8,10-11,18-25H,9,12-17H2,1-6H3/b11-10+/t19-,20+,21?,22?,23-,24-,25+,27+,28+/m0/s1. The maximum atomic E-state index is 13.2. The van der Waals surface area contributed by atoms with E-state index in [1.54, 1.807) is 0 Å². The molecule has 0 aromatic heterocycles. The van der Waals surface area contributed by atoms with Crippen molar-refractivity contribution in [2.45, 2.75) is 86.5 Å². The molecule has 0 aliphatic heterocycles. The van der Waals surface area contributed by atoms with Gasteiger partial charge >= 0.3 is 0 Å². The van der Waals surface area contributed by atoms with Gasteiger partial charge in [0.25, 0.3) is 0 Å². The molecule has 0 heterocycles. The Hall–Kier alpha value is -0.850. The predicted octanol–water partition coefficient (Wildman–Crippen LogP) is 7.47. The van der Waals surface area contributed by atoms with E-state index < -0.39 is 0 Å². The van der Waals surface area contributed by atoms with Crippen LogP contribution < -0.4 is 0 Å². The summed E-state index contributed by atoms with van der Waals surface area (Å²) in [5, 5.41) is 0. The van der Waals surface area contributed by atoms with Crippen LogP contribution in [0.1, 0.15) is 86.5 Å². The Morgan fingerprint density at radius 2 is 1.69 bits per heavy atom. The van der Waals surface area contributed by atoms with Crippen molar-refractivity contribution in [2.24, 2.45) is 58.2 Å². The molecule has 2 unspecified atom stereocenters. The zero-order valence-corrected chi connectivity index (χ0v) is 19.8. The van der Waals surface area contributed by atoms with Crippen molar-refractivity contribution in [2.75, 3.05) is 0 Å². The van der Waals surface area contributed by atoms with Crippen LogP contribution in [0.4, 0.5) is 0 Å². The number of Topliss-reactive ketones (excluding diaryl/α,β-unsaturated/α-hetero) is 1. The van der Waals surface area contributed by atoms with Gasteiger partial charge in [-0.1, -0.05) is 65.8 Å². The third kappa shape index (κ3) is 3.39. The fourth-order valence-corrected chi connectivity index (χ4v) is 8.27. The third-order valence-electron chi connectivity index (χ3n) is 10.5. The average molecular weight is 397 g/mol. The van der Waals surface area contributed by atoms with Crippen molar-refractivity contribution in [1.82, 2.24) is 0 Å². The van der Waals surface area contributed by atoms with Crippen LogP contribution in [0.3, 0.4) is 0 Å². The zero-order valence-electron chi connectivity index (χ0n) is 19.8. The summed E-state index contributed by atoms with van der Waals surface area (Å²) in [7, 11) is 0. The molecule has 4 aliphatic rings. The molecule has 0 amide bonds. The first kappa shape index (κ1) is 21.4. The van der Waals surface area contributed by atoms with E-state index in [4.69, 9.17) is 0 Å². The molecule has 0 aromatic carbocycles. The lowest BCUT2D eigenvalue weighted by Crippen LogP contribution is -2.55. The Labute approximate surface area is 179 Å². The first-order valence-electron chi connectivity index (χ1n) is 12.5. The Balaban J connectivity index is 1.55. The molecule has 0 aromatic rings. The number of ketones is 1.